The molecule has 0 saturated carbocycles. The van der Waals surface area contributed by atoms with Crippen LogP contribution in [0, 0.1) is 11.8 Å². The number of carbonyl (C=O) groups excluding carboxylic acids is 2. The molecule has 1 aromatic carbocycles. The molecule has 0 aliphatic carbocycles. The first-order valence-corrected chi connectivity index (χ1v) is 9.46. The maximum absolute atomic E-state index is 14.7. The highest BCUT2D eigenvalue weighted by atomic mass is 19.1. The summed E-state index contributed by atoms with van der Waals surface area (Å²) in [6, 6.07) is 10.3. The van der Waals surface area contributed by atoms with Gasteiger partial charge in [-0.2, -0.15) is 4.39 Å². The van der Waals surface area contributed by atoms with E-state index in [1.807, 2.05) is 0 Å². The number of benzene rings is 1. The summed E-state index contributed by atoms with van der Waals surface area (Å²) in [7, 11) is 0. The molecule has 0 spiro atoms. The number of pyridine rings is 2. The topological polar surface area (TPSA) is 66.4 Å². The lowest BCUT2D eigenvalue weighted by molar-refractivity contribution is 0.00705. The van der Waals surface area contributed by atoms with Crippen molar-refractivity contribution in [3.63, 3.8) is 0 Å². The first kappa shape index (κ1) is 18.4. The quantitative estimate of drug-likeness (QED) is 0.614. The zero-order valence-corrected chi connectivity index (χ0v) is 15.8. The van der Waals surface area contributed by atoms with Crippen molar-refractivity contribution in [2.24, 2.45) is 0 Å². The van der Waals surface area contributed by atoms with E-state index in [9.17, 15) is 18.4 Å². The number of aromatic nitrogens is 2. The summed E-state index contributed by atoms with van der Waals surface area (Å²) in [5.41, 5.74) is 0.213. The molecule has 5 rings (SSSR count). The molecule has 0 radical (unpaired) electrons. The normalized spacial score (nSPS) is 20.1. The summed E-state index contributed by atoms with van der Waals surface area (Å²) in [6.45, 7) is 0.539. The Kier molecular flexibility index (Phi) is 4.09. The van der Waals surface area contributed by atoms with Gasteiger partial charge in [0.15, 0.2) is 0 Å². The van der Waals surface area contributed by atoms with Crippen LogP contribution in [-0.2, 0) is 12.1 Å². The molecule has 0 N–H and O–H groups in total. The number of rotatable bonds is 2. The Labute approximate surface area is 170 Å². The van der Waals surface area contributed by atoms with Crippen LogP contribution in [0.1, 0.15) is 31.8 Å². The molecule has 30 heavy (non-hydrogen) atoms. The van der Waals surface area contributed by atoms with Crippen LogP contribution in [0.5, 0.6) is 0 Å². The highest BCUT2D eigenvalue weighted by molar-refractivity contribution is 6.00. The van der Waals surface area contributed by atoms with Crippen LogP contribution in [0.3, 0.4) is 0 Å². The van der Waals surface area contributed by atoms with Crippen molar-refractivity contribution in [3.8, 4) is 0 Å². The van der Waals surface area contributed by atoms with E-state index < -0.39 is 23.3 Å². The van der Waals surface area contributed by atoms with Crippen LogP contribution in [0.15, 0.2) is 61.1 Å². The van der Waals surface area contributed by atoms with E-state index in [1.165, 1.54) is 24.4 Å². The summed E-state index contributed by atoms with van der Waals surface area (Å²) in [5.74, 6) is -1.92. The van der Waals surface area contributed by atoms with Crippen LogP contribution in [0.2, 0.25) is 0 Å². The molecule has 3 aromatic rings. The average molecular weight is 406 g/mol. The molecule has 0 bridgehead atoms. The van der Waals surface area contributed by atoms with Crippen LogP contribution in [-0.4, -0.2) is 44.7 Å². The standard InChI is InChI=1S/C22H16F2N4O2/c23-18-3-1-2-16-17(18)12-22(15-6-8-25-9-7-15)27(10-11-28(22)21(16)30)20(29)14-4-5-19(24)26-13-14/h1-9,13H,10-12H2. The van der Waals surface area contributed by atoms with Crippen molar-refractivity contribution in [1.29, 1.82) is 0 Å². The van der Waals surface area contributed by atoms with Crippen LogP contribution in [0.25, 0.3) is 0 Å². The van der Waals surface area contributed by atoms with Gasteiger partial charge in [0.1, 0.15) is 11.5 Å². The fraction of sp³-hybridized carbons (Fsp3) is 0.182. The Hall–Kier alpha value is -3.68. The van der Waals surface area contributed by atoms with Crippen molar-refractivity contribution in [3.05, 3.63) is 95.1 Å². The molecule has 2 aliphatic heterocycles. The monoisotopic (exact) mass is 406 g/mol. The Bertz CT molecular complexity index is 1150. The van der Waals surface area contributed by atoms with Crippen molar-refractivity contribution < 1.29 is 18.4 Å². The molecule has 1 fully saturated rings. The van der Waals surface area contributed by atoms with E-state index in [4.69, 9.17) is 0 Å². The Balaban J connectivity index is 1.70. The van der Waals surface area contributed by atoms with E-state index >= 15 is 0 Å². The lowest BCUT2D eigenvalue weighted by Crippen LogP contribution is -2.58. The van der Waals surface area contributed by atoms with Crippen molar-refractivity contribution in [2.75, 3.05) is 13.1 Å². The summed E-state index contributed by atoms with van der Waals surface area (Å²) < 4.78 is 28.0. The molecule has 2 aromatic heterocycles. The van der Waals surface area contributed by atoms with Crippen molar-refractivity contribution in [2.45, 2.75) is 12.1 Å². The Morgan fingerprint density at radius 2 is 1.83 bits per heavy atom. The predicted octanol–water partition coefficient (Wildman–Crippen LogP) is 2.76. The molecular formula is C22H16F2N4O2. The summed E-state index contributed by atoms with van der Waals surface area (Å²) in [6.07, 6.45) is 4.42. The number of hydrogen-bond acceptors (Lipinski definition) is 4. The first-order chi connectivity index (χ1) is 14.5. The third kappa shape index (κ3) is 2.53. The van der Waals surface area contributed by atoms with Gasteiger partial charge >= 0.3 is 0 Å². The largest absolute Gasteiger partial charge is 0.309 e. The van der Waals surface area contributed by atoms with Gasteiger partial charge in [0.25, 0.3) is 11.8 Å². The predicted molar refractivity (Wildman–Crippen MR) is 102 cm³/mol. The number of halogens is 2. The van der Waals surface area contributed by atoms with Gasteiger partial charge in [0.05, 0.1) is 5.56 Å². The molecule has 6 nitrogen and oxygen atoms in total. The minimum Gasteiger partial charge on any atom is -0.309 e. The molecular weight excluding hydrogens is 390 g/mol. The molecule has 1 atom stereocenters. The maximum atomic E-state index is 14.7. The van der Waals surface area contributed by atoms with Gasteiger partial charge in [0.2, 0.25) is 5.95 Å². The zero-order chi connectivity index (χ0) is 20.9. The van der Waals surface area contributed by atoms with E-state index in [2.05, 4.69) is 9.97 Å². The zero-order valence-electron chi connectivity index (χ0n) is 15.8. The van der Waals surface area contributed by atoms with Gasteiger partial charge in [-0.05, 0) is 36.4 Å². The summed E-state index contributed by atoms with van der Waals surface area (Å²) >= 11 is 0. The number of hydrogen-bond donors (Lipinski definition) is 0. The van der Waals surface area contributed by atoms with Crippen molar-refractivity contribution >= 4 is 11.8 Å². The second-order valence-electron chi connectivity index (χ2n) is 7.28. The molecule has 1 saturated heterocycles. The van der Waals surface area contributed by atoms with Crippen LogP contribution >= 0.6 is 0 Å². The second kappa shape index (κ2) is 6.69. The van der Waals surface area contributed by atoms with Crippen LogP contribution in [0.4, 0.5) is 8.78 Å². The maximum Gasteiger partial charge on any atom is 0.257 e. The van der Waals surface area contributed by atoms with Gasteiger partial charge < -0.3 is 9.80 Å². The lowest BCUT2D eigenvalue weighted by atomic mass is 9.83. The highest BCUT2D eigenvalue weighted by Gasteiger charge is 2.56. The number of carbonyl (C=O) groups is 2. The Morgan fingerprint density at radius 3 is 2.57 bits per heavy atom. The number of nitrogens with zero attached hydrogens (tertiary/aromatic N) is 4. The molecule has 8 heteroatoms. The van der Waals surface area contributed by atoms with Gasteiger partial charge in [-0.15, -0.1) is 0 Å². The van der Waals surface area contributed by atoms with Gasteiger partial charge in [-0.1, -0.05) is 6.07 Å². The van der Waals surface area contributed by atoms with E-state index in [-0.39, 0.29) is 36.5 Å². The lowest BCUT2D eigenvalue weighted by Gasteiger charge is -2.47. The number of fused-ring (bicyclic) bond motifs is 2. The van der Waals surface area contributed by atoms with E-state index in [0.29, 0.717) is 11.1 Å². The summed E-state index contributed by atoms with van der Waals surface area (Å²) in [5, 5.41) is 0. The fourth-order valence-electron chi connectivity index (χ4n) is 4.47. The van der Waals surface area contributed by atoms with Crippen molar-refractivity contribution in [1.82, 2.24) is 19.8 Å². The Morgan fingerprint density at radius 1 is 1.03 bits per heavy atom. The molecule has 2 aliphatic rings. The first-order valence-electron chi connectivity index (χ1n) is 9.46. The number of amides is 2. The van der Waals surface area contributed by atoms with E-state index in [1.54, 1.807) is 40.4 Å². The fourth-order valence-corrected chi connectivity index (χ4v) is 4.47. The summed E-state index contributed by atoms with van der Waals surface area (Å²) in [4.78, 5) is 37.5. The second-order valence-corrected chi connectivity index (χ2v) is 7.28. The van der Waals surface area contributed by atoms with Gasteiger partial charge in [-0.25, -0.2) is 9.37 Å². The molecule has 150 valence electrons. The molecule has 4 heterocycles. The smallest absolute Gasteiger partial charge is 0.257 e. The minimum absolute atomic E-state index is 0.102. The highest BCUT2D eigenvalue weighted by Crippen LogP contribution is 2.45. The SMILES string of the molecule is O=C(c1ccc(F)nc1)N1CCN2C(=O)c3cccc(F)c3CC12c1ccncc1. The third-order valence-electron chi connectivity index (χ3n) is 5.82. The molecule has 2 amide bonds. The van der Waals surface area contributed by atoms with Crippen LogP contribution < -0.4 is 0 Å². The average Bonchev–Trinajstić information content (AvgIpc) is 3.16. The molecule has 1 unspecified atom stereocenters. The van der Waals surface area contributed by atoms with E-state index in [0.717, 1.165) is 6.07 Å². The van der Waals surface area contributed by atoms with Gasteiger partial charge in [0, 0.05) is 54.8 Å². The third-order valence-corrected chi connectivity index (χ3v) is 5.82. The van der Waals surface area contributed by atoms with Gasteiger partial charge in [-0.3, -0.25) is 14.6 Å². The minimum atomic E-state index is -1.21.